The van der Waals surface area contributed by atoms with E-state index in [2.05, 4.69) is 33.3 Å². The van der Waals surface area contributed by atoms with Gasteiger partial charge in [0, 0.05) is 26.2 Å². The van der Waals surface area contributed by atoms with Crippen LogP contribution in [0.4, 0.5) is 5.69 Å². The number of furan rings is 1. The minimum atomic E-state index is 0.100. The second-order valence-corrected chi connectivity index (χ2v) is 9.13. The first-order chi connectivity index (χ1) is 17.2. The smallest absolute Gasteiger partial charge is 0.233 e. The summed E-state index contributed by atoms with van der Waals surface area (Å²) in [5, 5.41) is 9.43. The van der Waals surface area contributed by atoms with Crippen LogP contribution in [0, 0.1) is 0 Å². The van der Waals surface area contributed by atoms with Gasteiger partial charge >= 0.3 is 0 Å². The van der Waals surface area contributed by atoms with Crippen LogP contribution < -0.4 is 9.64 Å². The van der Waals surface area contributed by atoms with Crippen molar-refractivity contribution < 1.29 is 13.9 Å². The Kier molecular flexibility index (Phi) is 7.04. The lowest BCUT2D eigenvalue weighted by Gasteiger charge is -2.36. The van der Waals surface area contributed by atoms with E-state index in [0.29, 0.717) is 42.1 Å². The summed E-state index contributed by atoms with van der Waals surface area (Å²) in [5.74, 6) is 2.56. The summed E-state index contributed by atoms with van der Waals surface area (Å²) in [5.41, 5.74) is 2.19. The summed E-state index contributed by atoms with van der Waals surface area (Å²) in [6, 6.07) is 21.8. The zero-order valence-electron chi connectivity index (χ0n) is 19.5. The number of carbonyl (C=O) groups is 1. The van der Waals surface area contributed by atoms with Gasteiger partial charge in [0.15, 0.2) is 10.9 Å². The predicted octanol–water partition coefficient (Wildman–Crippen LogP) is 4.04. The lowest BCUT2D eigenvalue weighted by molar-refractivity contribution is -0.128. The first-order valence-corrected chi connectivity index (χ1v) is 12.5. The molecule has 2 aromatic heterocycles. The van der Waals surface area contributed by atoms with Gasteiger partial charge in [-0.25, -0.2) is 0 Å². The fraction of sp³-hybridized carbons (Fsp3) is 0.269. The number of methoxy groups -OCH3 is 1. The number of aromatic nitrogens is 3. The molecular weight excluding hydrogens is 462 g/mol. The highest BCUT2D eigenvalue weighted by atomic mass is 32.2. The standard InChI is InChI=1S/C26H27N5O3S/c1-33-22-11-6-5-10-21(22)29-13-15-30(16-14-29)24(32)19-35-26-28-27-25(23-12-7-17-34-23)31(26)18-20-8-3-2-4-9-20/h2-12,17H,13-16,18-19H2,1H3. The van der Waals surface area contributed by atoms with Crippen molar-refractivity contribution in [3.63, 3.8) is 0 Å². The summed E-state index contributed by atoms with van der Waals surface area (Å²) in [6.45, 7) is 3.47. The van der Waals surface area contributed by atoms with E-state index in [0.717, 1.165) is 30.1 Å². The van der Waals surface area contributed by atoms with E-state index in [1.54, 1.807) is 13.4 Å². The molecule has 1 aliphatic rings. The number of rotatable bonds is 8. The molecule has 3 heterocycles. The Morgan fingerprint density at radius 2 is 1.74 bits per heavy atom. The normalized spacial score (nSPS) is 13.7. The molecule has 9 heteroatoms. The van der Waals surface area contributed by atoms with Crippen molar-refractivity contribution >= 4 is 23.4 Å². The quantitative estimate of drug-likeness (QED) is 0.346. The Bertz CT molecular complexity index is 1250. The van der Waals surface area contributed by atoms with Crippen molar-refractivity contribution in [2.75, 3.05) is 43.9 Å². The maximum atomic E-state index is 13.0. The third-order valence-corrected chi connectivity index (χ3v) is 6.98. The van der Waals surface area contributed by atoms with Crippen molar-refractivity contribution in [3.8, 4) is 17.3 Å². The van der Waals surface area contributed by atoms with Crippen molar-refractivity contribution in [1.82, 2.24) is 19.7 Å². The zero-order chi connectivity index (χ0) is 24.0. The summed E-state index contributed by atoms with van der Waals surface area (Å²) >= 11 is 1.41. The third-order valence-electron chi connectivity index (χ3n) is 6.02. The molecule has 4 aromatic rings. The van der Waals surface area contributed by atoms with Crippen LogP contribution in [0.25, 0.3) is 11.6 Å². The number of ether oxygens (including phenoxy) is 1. The fourth-order valence-electron chi connectivity index (χ4n) is 4.20. The average molecular weight is 490 g/mol. The van der Waals surface area contributed by atoms with E-state index in [9.17, 15) is 4.79 Å². The molecule has 2 aromatic carbocycles. The van der Waals surface area contributed by atoms with Crippen LogP contribution in [0.5, 0.6) is 5.75 Å². The highest BCUT2D eigenvalue weighted by Gasteiger charge is 2.24. The molecule has 0 N–H and O–H groups in total. The van der Waals surface area contributed by atoms with Crippen LogP contribution in [-0.2, 0) is 11.3 Å². The number of benzene rings is 2. The van der Waals surface area contributed by atoms with Crippen LogP contribution in [0.1, 0.15) is 5.56 Å². The van der Waals surface area contributed by atoms with Gasteiger partial charge in [0.25, 0.3) is 0 Å². The Morgan fingerprint density at radius 1 is 0.971 bits per heavy atom. The molecule has 5 rings (SSSR count). The molecule has 35 heavy (non-hydrogen) atoms. The summed E-state index contributed by atoms with van der Waals surface area (Å²) in [7, 11) is 1.68. The van der Waals surface area contributed by atoms with E-state index in [4.69, 9.17) is 9.15 Å². The largest absolute Gasteiger partial charge is 0.495 e. The van der Waals surface area contributed by atoms with Crippen molar-refractivity contribution in [1.29, 1.82) is 0 Å². The molecular formula is C26H27N5O3S. The number of nitrogens with zero attached hydrogens (tertiary/aromatic N) is 5. The van der Waals surface area contributed by atoms with E-state index in [1.807, 2.05) is 58.0 Å². The number of hydrogen-bond donors (Lipinski definition) is 0. The fourth-order valence-corrected chi connectivity index (χ4v) is 5.04. The number of para-hydroxylation sites is 2. The van der Waals surface area contributed by atoms with Crippen LogP contribution in [0.3, 0.4) is 0 Å². The summed E-state index contributed by atoms with van der Waals surface area (Å²) in [4.78, 5) is 17.2. The lowest BCUT2D eigenvalue weighted by Crippen LogP contribution is -2.49. The summed E-state index contributed by atoms with van der Waals surface area (Å²) < 4.78 is 13.1. The van der Waals surface area contributed by atoms with Gasteiger partial charge in [-0.3, -0.25) is 9.36 Å². The average Bonchev–Trinajstić information content (AvgIpc) is 3.58. The van der Waals surface area contributed by atoms with E-state index >= 15 is 0 Å². The lowest BCUT2D eigenvalue weighted by atomic mass is 10.2. The molecule has 0 unspecified atom stereocenters. The van der Waals surface area contributed by atoms with Crippen molar-refractivity contribution in [2.45, 2.75) is 11.7 Å². The molecule has 0 aliphatic carbocycles. The minimum Gasteiger partial charge on any atom is -0.495 e. The molecule has 0 bridgehead atoms. The Balaban J connectivity index is 1.24. The first kappa shape index (κ1) is 23.0. The molecule has 0 radical (unpaired) electrons. The number of anilines is 1. The van der Waals surface area contributed by atoms with Gasteiger partial charge in [-0.1, -0.05) is 54.2 Å². The molecule has 0 spiro atoms. The van der Waals surface area contributed by atoms with Crippen LogP contribution >= 0.6 is 11.8 Å². The van der Waals surface area contributed by atoms with Gasteiger partial charge < -0.3 is 19.0 Å². The van der Waals surface area contributed by atoms with E-state index < -0.39 is 0 Å². The highest BCUT2D eigenvalue weighted by Crippen LogP contribution is 2.29. The molecule has 8 nitrogen and oxygen atoms in total. The molecule has 1 fully saturated rings. The second kappa shape index (κ2) is 10.7. The number of piperazine rings is 1. The van der Waals surface area contributed by atoms with Crippen LogP contribution in [0.15, 0.2) is 82.6 Å². The number of thioether (sulfide) groups is 1. The Morgan fingerprint density at radius 3 is 2.49 bits per heavy atom. The molecule has 0 atom stereocenters. The Hall–Kier alpha value is -3.72. The molecule has 1 saturated heterocycles. The predicted molar refractivity (Wildman–Crippen MR) is 136 cm³/mol. The SMILES string of the molecule is COc1ccccc1N1CCN(C(=O)CSc2nnc(-c3ccco3)n2Cc2ccccc2)CC1. The zero-order valence-corrected chi connectivity index (χ0v) is 20.4. The Labute approximate surface area is 208 Å². The van der Waals surface area contributed by atoms with Gasteiger partial charge in [-0.05, 0) is 29.8 Å². The first-order valence-electron chi connectivity index (χ1n) is 11.5. The van der Waals surface area contributed by atoms with Gasteiger partial charge in [0.05, 0.1) is 31.4 Å². The molecule has 1 amide bonds. The van der Waals surface area contributed by atoms with Gasteiger partial charge in [-0.2, -0.15) is 0 Å². The monoisotopic (exact) mass is 489 g/mol. The number of hydrogen-bond acceptors (Lipinski definition) is 7. The highest BCUT2D eigenvalue weighted by molar-refractivity contribution is 7.99. The van der Waals surface area contributed by atoms with E-state index in [1.165, 1.54) is 11.8 Å². The minimum absolute atomic E-state index is 0.100. The topological polar surface area (TPSA) is 76.6 Å². The number of carbonyl (C=O) groups excluding carboxylic acids is 1. The second-order valence-electron chi connectivity index (χ2n) is 8.18. The van der Waals surface area contributed by atoms with Crippen LogP contribution in [0.2, 0.25) is 0 Å². The van der Waals surface area contributed by atoms with Crippen LogP contribution in [-0.4, -0.2) is 64.6 Å². The third kappa shape index (κ3) is 5.19. The van der Waals surface area contributed by atoms with Gasteiger partial charge in [0.2, 0.25) is 11.7 Å². The number of amides is 1. The van der Waals surface area contributed by atoms with Crippen molar-refractivity contribution in [3.05, 3.63) is 78.6 Å². The van der Waals surface area contributed by atoms with Gasteiger partial charge in [-0.15, -0.1) is 10.2 Å². The molecule has 1 aliphatic heterocycles. The maximum Gasteiger partial charge on any atom is 0.233 e. The van der Waals surface area contributed by atoms with Crippen molar-refractivity contribution in [2.24, 2.45) is 0 Å². The maximum absolute atomic E-state index is 13.0. The summed E-state index contributed by atoms with van der Waals surface area (Å²) in [6.07, 6.45) is 1.62. The molecule has 0 saturated carbocycles. The van der Waals surface area contributed by atoms with E-state index in [-0.39, 0.29) is 5.91 Å². The van der Waals surface area contributed by atoms with Gasteiger partial charge in [0.1, 0.15) is 5.75 Å². The molecule has 180 valence electrons.